The van der Waals surface area contributed by atoms with Crippen molar-refractivity contribution < 1.29 is 19.4 Å². The fraction of sp³-hybridized carbons (Fsp3) is 0.588. The van der Waals surface area contributed by atoms with Crippen molar-refractivity contribution >= 4 is 18.1 Å². The topological polar surface area (TPSA) is 93.5 Å². The molecular formula is C17H27N3O4. The van der Waals surface area contributed by atoms with Gasteiger partial charge >= 0.3 is 12.1 Å². The number of aromatic nitrogens is 2. The lowest BCUT2D eigenvalue weighted by Crippen LogP contribution is -2.33. The number of carboxylic acid groups (broad SMARTS) is 1. The van der Waals surface area contributed by atoms with Crippen molar-refractivity contribution in [1.82, 2.24) is 14.9 Å². The van der Waals surface area contributed by atoms with Crippen molar-refractivity contribution in [2.45, 2.75) is 59.1 Å². The number of aliphatic carboxylic acids is 1. The molecular weight excluding hydrogens is 310 g/mol. The van der Waals surface area contributed by atoms with Crippen LogP contribution >= 0.6 is 0 Å². The first-order valence-corrected chi connectivity index (χ1v) is 8.13. The summed E-state index contributed by atoms with van der Waals surface area (Å²) in [5.74, 6) is -0.975. The van der Waals surface area contributed by atoms with Gasteiger partial charge in [0.15, 0.2) is 0 Å². The summed E-state index contributed by atoms with van der Waals surface area (Å²) in [6, 6.07) is 0. The SMILES string of the molecule is CCCn1cnc(C=C(CCCNC(=O)OC(C)(C)C)C(=O)O)c1. The summed E-state index contributed by atoms with van der Waals surface area (Å²) in [6.07, 6.45) is 6.42. The third-order valence-electron chi connectivity index (χ3n) is 3.02. The summed E-state index contributed by atoms with van der Waals surface area (Å²) < 4.78 is 7.05. The third kappa shape index (κ3) is 7.80. The molecule has 0 atom stereocenters. The van der Waals surface area contributed by atoms with E-state index in [1.807, 2.05) is 10.8 Å². The molecule has 0 aromatic carbocycles. The fourth-order valence-corrected chi connectivity index (χ4v) is 2.04. The molecule has 0 aliphatic carbocycles. The summed E-state index contributed by atoms with van der Waals surface area (Å²) >= 11 is 0. The maximum absolute atomic E-state index is 11.5. The van der Waals surface area contributed by atoms with Crippen LogP contribution in [0.1, 0.15) is 52.7 Å². The van der Waals surface area contributed by atoms with Gasteiger partial charge in [-0.1, -0.05) is 6.92 Å². The summed E-state index contributed by atoms with van der Waals surface area (Å²) in [4.78, 5) is 27.0. The highest BCUT2D eigenvalue weighted by atomic mass is 16.6. The summed E-state index contributed by atoms with van der Waals surface area (Å²) in [5.41, 5.74) is 0.344. The van der Waals surface area contributed by atoms with Crippen LogP contribution in [0, 0.1) is 0 Å². The molecule has 0 spiro atoms. The third-order valence-corrected chi connectivity index (χ3v) is 3.02. The molecule has 0 aliphatic heterocycles. The average molecular weight is 337 g/mol. The molecule has 0 saturated carbocycles. The minimum atomic E-state index is -0.975. The van der Waals surface area contributed by atoms with Crippen LogP contribution in [0.25, 0.3) is 6.08 Å². The van der Waals surface area contributed by atoms with Crippen LogP contribution in [0.3, 0.4) is 0 Å². The molecule has 24 heavy (non-hydrogen) atoms. The Kier molecular flexibility index (Phi) is 7.48. The van der Waals surface area contributed by atoms with Gasteiger partial charge in [-0.3, -0.25) is 0 Å². The molecule has 134 valence electrons. The van der Waals surface area contributed by atoms with Crippen molar-refractivity contribution in [1.29, 1.82) is 0 Å². The average Bonchev–Trinajstić information content (AvgIpc) is 2.88. The molecule has 2 N–H and O–H groups in total. The summed E-state index contributed by atoms with van der Waals surface area (Å²) in [6.45, 7) is 8.63. The van der Waals surface area contributed by atoms with Crippen LogP contribution in [0.5, 0.6) is 0 Å². The predicted octanol–water partition coefficient (Wildman–Crippen LogP) is 3.07. The Balaban J connectivity index is 2.50. The first-order chi connectivity index (χ1) is 11.2. The second kappa shape index (κ2) is 9.10. The van der Waals surface area contributed by atoms with E-state index in [1.165, 1.54) is 0 Å². The van der Waals surface area contributed by atoms with Gasteiger partial charge in [0.1, 0.15) is 5.60 Å². The highest BCUT2D eigenvalue weighted by molar-refractivity contribution is 5.91. The van der Waals surface area contributed by atoms with Crippen molar-refractivity contribution in [3.8, 4) is 0 Å². The molecule has 1 aromatic heterocycles. The smallest absolute Gasteiger partial charge is 0.407 e. The van der Waals surface area contributed by atoms with E-state index >= 15 is 0 Å². The second-order valence-electron chi connectivity index (χ2n) is 6.54. The van der Waals surface area contributed by atoms with Crippen molar-refractivity contribution in [2.75, 3.05) is 6.54 Å². The monoisotopic (exact) mass is 337 g/mol. The second-order valence-corrected chi connectivity index (χ2v) is 6.54. The van der Waals surface area contributed by atoms with Gasteiger partial charge in [-0.15, -0.1) is 0 Å². The number of hydrogen-bond acceptors (Lipinski definition) is 4. The van der Waals surface area contributed by atoms with Gasteiger partial charge in [0.25, 0.3) is 0 Å². The summed E-state index contributed by atoms with van der Waals surface area (Å²) in [7, 11) is 0. The molecule has 7 nitrogen and oxygen atoms in total. The van der Waals surface area contributed by atoms with Crippen LogP contribution in [0.15, 0.2) is 18.1 Å². The molecule has 0 aliphatic rings. The van der Waals surface area contributed by atoms with Crippen molar-refractivity contribution in [3.05, 3.63) is 23.8 Å². The number of hydrogen-bond donors (Lipinski definition) is 2. The minimum Gasteiger partial charge on any atom is -0.478 e. The van der Waals surface area contributed by atoms with E-state index in [9.17, 15) is 14.7 Å². The van der Waals surface area contributed by atoms with E-state index in [-0.39, 0.29) is 5.57 Å². The van der Waals surface area contributed by atoms with Gasteiger partial charge in [0, 0.05) is 24.9 Å². The minimum absolute atomic E-state index is 0.266. The van der Waals surface area contributed by atoms with Crippen LogP contribution in [0.4, 0.5) is 4.79 Å². The fourth-order valence-electron chi connectivity index (χ4n) is 2.04. The Bertz CT molecular complexity index is 585. The zero-order valence-corrected chi connectivity index (χ0v) is 14.8. The zero-order valence-electron chi connectivity index (χ0n) is 14.8. The van der Waals surface area contributed by atoms with E-state index in [2.05, 4.69) is 17.2 Å². The van der Waals surface area contributed by atoms with Crippen LogP contribution < -0.4 is 5.32 Å². The normalized spacial score (nSPS) is 12.1. The Morgan fingerprint density at radius 1 is 1.42 bits per heavy atom. The number of carboxylic acids is 1. The van der Waals surface area contributed by atoms with Gasteiger partial charge < -0.3 is 19.7 Å². The molecule has 7 heteroatoms. The largest absolute Gasteiger partial charge is 0.478 e. The number of nitrogens with one attached hydrogen (secondary N) is 1. The van der Waals surface area contributed by atoms with E-state index in [1.54, 1.807) is 33.2 Å². The Hall–Kier alpha value is -2.31. The lowest BCUT2D eigenvalue weighted by molar-refractivity contribution is -0.132. The van der Waals surface area contributed by atoms with E-state index in [0.29, 0.717) is 25.1 Å². The molecule has 0 fully saturated rings. The lowest BCUT2D eigenvalue weighted by atomic mass is 10.1. The van der Waals surface area contributed by atoms with Gasteiger partial charge in [-0.25, -0.2) is 14.6 Å². The standard InChI is InChI=1S/C17H27N3O4/c1-5-9-20-11-14(19-12-20)10-13(15(21)22)7-6-8-18-16(23)24-17(2,3)4/h10-12H,5-9H2,1-4H3,(H,18,23)(H,21,22). The molecule has 1 rings (SSSR count). The van der Waals surface area contributed by atoms with Gasteiger partial charge in [0.2, 0.25) is 0 Å². The Labute approximate surface area is 142 Å². The number of alkyl carbamates (subject to hydrolysis) is 1. The highest BCUT2D eigenvalue weighted by Crippen LogP contribution is 2.11. The molecule has 0 saturated heterocycles. The Morgan fingerprint density at radius 2 is 2.12 bits per heavy atom. The first kappa shape index (κ1) is 19.7. The summed E-state index contributed by atoms with van der Waals surface area (Å²) in [5, 5.41) is 11.9. The van der Waals surface area contributed by atoms with Crippen LogP contribution in [0.2, 0.25) is 0 Å². The van der Waals surface area contributed by atoms with E-state index in [0.717, 1.165) is 13.0 Å². The van der Waals surface area contributed by atoms with E-state index < -0.39 is 17.7 Å². The molecule has 1 aromatic rings. The number of aryl methyl sites for hydroxylation is 1. The number of nitrogens with zero attached hydrogens (tertiary/aromatic N) is 2. The maximum atomic E-state index is 11.5. The molecule has 1 amide bonds. The molecule has 0 radical (unpaired) electrons. The predicted molar refractivity (Wildman–Crippen MR) is 91.6 cm³/mol. The van der Waals surface area contributed by atoms with Gasteiger partial charge in [-0.2, -0.15) is 0 Å². The number of amides is 1. The number of imidazole rings is 1. The quantitative estimate of drug-likeness (QED) is 0.562. The highest BCUT2D eigenvalue weighted by Gasteiger charge is 2.15. The first-order valence-electron chi connectivity index (χ1n) is 8.13. The zero-order chi connectivity index (χ0) is 18.2. The number of carbonyl (C=O) groups is 2. The van der Waals surface area contributed by atoms with E-state index in [4.69, 9.17) is 4.74 Å². The van der Waals surface area contributed by atoms with Crippen molar-refractivity contribution in [3.63, 3.8) is 0 Å². The van der Waals surface area contributed by atoms with Crippen LogP contribution in [-0.4, -0.2) is 38.9 Å². The van der Waals surface area contributed by atoms with Crippen LogP contribution in [-0.2, 0) is 16.1 Å². The Morgan fingerprint density at radius 3 is 2.71 bits per heavy atom. The van der Waals surface area contributed by atoms with Gasteiger partial charge in [-0.05, 0) is 46.1 Å². The van der Waals surface area contributed by atoms with Gasteiger partial charge in [0.05, 0.1) is 12.0 Å². The number of carbonyl (C=O) groups excluding carboxylic acids is 1. The maximum Gasteiger partial charge on any atom is 0.407 e. The lowest BCUT2D eigenvalue weighted by Gasteiger charge is -2.19. The van der Waals surface area contributed by atoms with Crippen molar-refractivity contribution in [2.24, 2.45) is 0 Å². The number of ether oxygens (including phenoxy) is 1. The molecule has 1 heterocycles. The molecule has 0 unspecified atom stereocenters. The number of rotatable bonds is 8. The molecule has 0 bridgehead atoms.